The van der Waals surface area contributed by atoms with Crippen LogP contribution in [0.3, 0.4) is 0 Å². The van der Waals surface area contributed by atoms with E-state index < -0.39 is 6.04 Å². The van der Waals surface area contributed by atoms with Gasteiger partial charge in [-0.15, -0.1) is 0 Å². The first kappa shape index (κ1) is 13.9. The largest absolute Gasteiger partial charge is 0.337 e. The average molecular weight is 348 g/mol. The van der Waals surface area contributed by atoms with E-state index in [2.05, 4.69) is 26.1 Å². The van der Waals surface area contributed by atoms with Gasteiger partial charge in [0.25, 0.3) is 0 Å². The van der Waals surface area contributed by atoms with Gasteiger partial charge < -0.3 is 10.3 Å². The first-order valence-corrected chi connectivity index (χ1v) is 7.03. The number of nitrogens with two attached hydrogens (primary N) is 1. The van der Waals surface area contributed by atoms with Gasteiger partial charge in [-0.1, -0.05) is 51.4 Å². The Balaban J connectivity index is 1.93. The molecule has 2 aromatic carbocycles. The maximum absolute atomic E-state index is 13.4. The summed E-state index contributed by atoms with van der Waals surface area (Å²) in [6.07, 6.45) is 0. The van der Waals surface area contributed by atoms with Crippen molar-refractivity contribution < 1.29 is 8.91 Å². The average Bonchev–Trinajstić information content (AvgIpc) is 2.96. The minimum Gasteiger partial charge on any atom is -0.337 e. The molecule has 0 aliphatic rings. The van der Waals surface area contributed by atoms with Crippen molar-refractivity contribution in [3.63, 3.8) is 0 Å². The topological polar surface area (TPSA) is 64.9 Å². The highest BCUT2D eigenvalue weighted by molar-refractivity contribution is 9.10. The summed E-state index contributed by atoms with van der Waals surface area (Å²) < 4.78 is 19.2. The molecule has 0 radical (unpaired) electrons. The molecule has 0 spiro atoms. The molecule has 21 heavy (non-hydrogen) atoms. The summed E-state index contributed by atoms with van der Waals surface area (Å²) in [6, 6.07) is 13.3. The van der Waals surface area contributed by atoms with Crippen molar-refractivity contribution in [3.05, 3.63) is 70.3 Å². The van der Waals surface area contributed by atoms with E-state index in [4.69, 9.17) is 10.3 Å². The third kappa shape index (κ3) is 3.01. The van der Waals surface area contributed by atoms with Crippen LogP contribution in [0.1, 0.15) is 17.5 Å². The summed E-state index contributed by atoms with van der Waals surface area (Å²) in [7, 11) is 0. The molecule has 1 heterocycles. The van der Waals surface area contributed by atoms with Crippen molar-refractivity contribution in [1.82, 2.24) is 10.1 Å². The van der Waals surface area contributed by atoms with E-state index in [9.17, 15) is 4.39 Å². The highest BCUT2D eigenvalue weighted by atomic mass is 79.9. The monoisotopic (exact) mass is 347 g/mol. The number of benzene rings is 2. The number of rotatable bonds is 3. The summed E-state index contributed by atoms with van der Waals surface area (Å²) in [5.41, 5.74) is 7.48. The van der Waals surface area contributed by atoms with Gasteiger partial charge in [-0.3, -0.25) is 0 Å². The molecule has 0 saturated heterocycles. The molecule has 0 bridgehead atoms. The fourth-order valence-electron chi connectivity index (χ4n) is 1.96. The molecule has 1 atom stereocenters. The van der Waals surface area contributed by atoms with Crippen LogP contribution >= 0.6 is 15.9 Å². The molecule has 3 aromatic rings. The Labute approximate surface area is 128 Å². The standard InChI is InChI=1S/C15H11BrFN3O/c16-11-6-10(7-12(17)8-11)14-19-15(21-20-14)13(18)9-4-2-1-3-5-9/h1-8,13H,18H2/t13-/m0/s1. The maximum atomic E-state index is 13.4. The molecule has 1 aromatic heterocycles. The van der Waals surface area contributed by atoms with Crippen molar-refractivity contribution in [3.8, 4) is 11.4 Å². The number of hydrogen-bond donors (Lipinski definition) is 1. The van der Waals surface area contributed by atoms with Gasteiger partial charge >= 0.3 is 0 Å². The molecular weight excluding hydrogens is 337 g/mol. The molecule has 106 valence electrons. The van der Waals surface area contributed by atoms with E-state index in [1.54, 1.807) is 6.07 Å². The molecular formula is C15H11BrFN3O. The van der Waals surface area contributed by atoms with E-state index in [0.717, 1.165) is 5.56 Å². The number of aromatic nitrogens is 2. The van der Waals surface area contributed by atoms with E-state index in [0.29, 0.717) is 15.9 Å². The van der Waals surface area contributed by atoms with Crippen molar-refractivity contribution >= 4 is 15.9 Å². The second-order valence-electron chi connectivity index (χ2n) is 4.50. The first-order valence-electron chi connectivity index (χ1n) is 6.24. The molecule has 0 saturated carbocycles. The predicted molar refractivity (Wildman–Crippen MR) is 79.9 cm³/mol. The van der Waals surface area contributed by atoms with Gasteiger partial charge in [-0.05, 0) is 23.8 Å². The predicted octanol–water partition coefficient (Wildman–Crippen LogP) is 3.69. The van der Waals surface area contributed by atoms with Crippen molar-refractivity contribution in [2.75, 3.05) is 0 Å². The lowest BCUT2D eigenvalue weighted by Gasteiger charge is -2.05. The third-order valence-corrected chi connectivity index (χ3v) is 3.45. The normalized spacial score (nSPS) is 12.3. The zero-order valence-electron chi connectivity index (χ0n) is 10.8. The van der Waals surface area contributed by atoms with Crippen molar-refractivity contribution in [1.29, 1.82) is 0 Å². The third-order valence-electron chi connectivity index (χ3n) is 2.99. The van der Waals surface area contributed by atoms with Crippen LogP contribution in [0.2, 0.25) is 0 Å². The molecule has 2 N–H and O–H groups in total. The highest BCUT2D eigenvalue weighted by Crippen LogP contribution is 2.25. The molecule has 0 amide bonds. The molecule has 0 fully saturated rings. The Morgan fingerprint density at radius 1 is 1.14 bits per heavy atom. The quantitative estimate of drug-likeness (QED) is 0.784. The highest BCUT2D eigenvalue weighted by Gasteiger charge is 2.17. The van der Waals surface area contributed by atoms with E-state index in [-0.39, 0.29) is 11.7 Å². The van der Waals surface area contributed by atoms with Crippen LogP contribution in [0.5, 0.6) is 0 Å². The minimum absolute atomic E-state index is 0.289. The van der Waals surface area contributed by atoms with Crippen LogP contribution < -0.4 is 5.73 Å². The van der Waals surface area contributed by atoms with Gasteiger partial charge in [0.05, 0.1) is 0 Å². The zero-order valence-corrected chi connectivity index (χ0v) is 12.4. The molecule has 0 unspecified atom stereocenters. The first-order chi connectivity index (χ1) is 10.1. The Kier molecular flexibility index (Phi) is 3.81. The molecule has 0 aliphatic carbocycles. The summed E-state index contributed by atoms with van der Waals surface area (Å²) in [5, 5.41) is 3.86. The van der Waals surface area contributed by atoms with Crippen LogP contribution in [0.4, 0.5) is 4.39 Å². The smallest absolute Gasteiger partial charge is 0.248 e. The van der Waals surface area contributed by atoms with Crippen molar-refractivity contribution in [2.45, 2.75) is 6.04 Å². The lowest BCUT2D eigenvalue weighted by atomic mass is 10.1. The van der Waals surface area contributed by atoms with Gasteiger partial charge in [0.15, 0.2) is 0 Å². The van der Waals surface area contributed by atoms with Crippen molar-refractivity contribution in [2.24, 2.45) is 5.73 Å². The van der Waals surface area contributed by atoms with Crippen LogP contribution in [0.15, 0.2) is 57.5 Å². The Morgan fingerprint density at radius 2 is 1.90 bits per heavy atom. The van der Waals surface area contributed by atoms with Crippen LogP contribution in [-0.2, 0) is 0 Å². The lowest BCUT2D eigenvalue weighted by molar-refractivity contribution is 0.367. The maximum Gasteiger partial charge on any atom is 0.248 e. The Bertz CT molecular complexity index is 740. The fraction of sp³-hybridized carbons (Fsp3) is 0.0667. The zero-order chi connectivity index (χ0) is 14.8. The number of nitrogens with zero attached hydrogens (tertiary/aromatic N) is 2. The van der Waals surface area contributed by atoms with Crippen LogP contribution in [0, 0.1) is 5.82 Å². The van der Waals surface area contributed by atoms with Gasteiger partial charge in [-0.2, -0.15) is 4.98 Å². The second kappa shape index (κ2) is 5.75. The number of hydrogen-bond acceptors (Lipinski definition) is 4. The van der Waals surface area contributed by atoms with Gasteiger partial charge in [-0.25, -0.2) is 4.39 Å². The molecule has 3 rings (SSSR count). The molecule has 4 nitrogen and oxygen atoms in total. The van der Waals surface area contributed by atoms with Crippen LogP contribution in [0.25, 0.3) is 11.4 Å². The summed E-state index contributed by atoms with van der Waals surface area (Å²) in [6.45, 7) is 0. The summed E-state index contributed by atoms with van der Waals surface area (Å²) in [5.74, 6) is 0.214. The van der Waals surface area contributed by atoms with Crippen LogP contribution in [-0.4, -0.2) is 10.1 Å². The Morgan fingerprint density at radius 3 is 2.62 bits per heavy atom. The van der Waals surface area contributed by atoms with Gasteiger partial charge in [0.1, 0.15) is 11.9 Å². The second-order valence-corrected chi connectivity index (χ2v) is 5.42. The summed E-state index contributed by atoms with van der Waals surface area (Å²) in [4.78, 5) is 4.25. The van der Waals surface area contributed by atoms with E-state index in [1.165, 1.54) is 12.1 Å². The van der Waals surface area contributed by atoms with Gasteiger partial charge in [0.2, 0.25) is 11.7 Å². The molecule has 0 aliphatic heterocycles. The number of halogens is 2. The fourth-order valence-corrected chi connectivity index (χ4v) is 2.43. The SMILES string of the molecule is N[C@@H](c1ccccc1)c1nc(-c2cc(F)cc(Br)c2)no1. The Hall–Kier alpha value is -2.05. The minimum atomic E-state index is -0.510. The molecule has 6 heteroatoms. The van der Waals surface area contributed by atoms with E-state index >= 15 is 0 Å². The lowest BCUT2D eigenvalue weighted by Crippen LogP contribution is -2.11. The van der Waals surface area contributed by atoms with Gasteiger partial charge in [0, 0.05) is 10.0 Å². The summed E-state index contributed by atoms with van der Waals surface area (Å²) >= 11 is 3.23. The van der Waals surface area contributed by atoms with E-state index in [1.807, 2.05) is 30.3 Å².